The van der Waals surface area contributed by atoms with Gasteiger partial charge in [-0.3, -0.25) is 4.31 Å². The second kappa shape index (κ2) is 6.99. The third-order valence-electron chi connectivity index (χ3n) is 4.54. The summed E-state index contributed by atoms with van der Waals surface area (Å²) >= 11 is 0. The maximum atomic E-state index is 12.3. The molecule has 1 heterocycles. The number of sulfonamides is 1. The van der Waals surface area contributed by atoms with E-state index in [4.69, 9.17) is 0 Å². The van der Waals surface area contributed by atoms with Crippen LogP contribution in [0.2, 0.25) is 0 Å². The molecule has 2 aromatic carbocycles. The minimum Gasteiger partial charge on any atom is -0.308 e. The molecule has 2 aromatic rings. The minimum atomic E-state index is -3.31. The number of urea groups is 1. The summed E-state index contributed by atoms with van der Waals surface area (Å²) in [5.74, 6) is 0.0528. The van der Waals surface area contributed by atoms with Gasteiger partial charge >= 0.3 is 6.03 Å². The maximum Gasteiger partial charge on any atom is 0.323 e. The predicted molar refractivity (Wildman–Crippen MR) is 106 cm³/mol. The monoisotopic (exact) mass is 373 g/mol. The molecule has 7 heteroatoms. The number of benzene rings is 2. The maximum absolute atomic E-state index is 12.3. The Morgan fingerprint density at radius 2 is 1.88 bits per heavy atom. The number of amides is 2. The number of nitrogens with zero attached hydrogens (tertiary/aromatic N) is 1. The van der Waals surface area contributed by atoms with Crippen LogP contribution in [0.15, 0.2) is 36.4 Å². The molecule has 138 valence electrons. The Kier molecular flexibility index (Phi) is 4.91. The molecule has 0 fully saturated rings. The molecular weight excluding hydrogens is 350 g/mol. The summed E-state index contributed by atoms with van der Waals surface area (Å²) in [6.45, 7) is 5.97. The van der Waals surface area contributed by atoms with E-state index in [1.165, 1.54) is 4.31 Å². The molecule has 2 amide bonds. The molecule has 0 saturated heterocycles. The van der Waals surface area contributed by atoms with Crippen LogP contribution in [0, 0.1) is 13.8 Å². The van der Waals surface area contributed by atoms with E-state index in [-0.39, 0.29) is 11.8 Å². The fourth-order valence-electron chi connectivity index (χ4n) is 3.03. The summed E-state index contributed by atoms with van der Waals surface area (Å²) in [6.07, 6.45) is 0.684. The Morgan fingerprint density at radius 3 is 2.62 bits per heavy atom. The molecule has 6 nitrogen and oxygen atoms in total. The van der Waals surface area contributed by atoms with Gasteiger partial charge in [0, 0.05) is 17.9 Å². The predicted octanol–water partition coefficient (Wildman–Crippen LogP) is 3.66. The van der Waals surface area contributed by atoms with Gasteiger partial charge in [-0.25, -0.2) is 13.2 Å². The van der Waals surface area contributed by atoms with Crippen molar-refractivity contribution in [2.75, 3.05) is 27.2 Å². The van der Waals surface area contributed by atoms with Crippen LogP contribution in [0.4, 0.5) is 21.9 Å². The molecule has 1 aliphatic rings. The van der Waals surface area contributed by atoms with E-state index in [0.29, 0.717) is 24.3 Å². The molecular formula is C19H23N3O3S. The van der Waals surface area contributed by atoms with Gasteiger partial charge in [0.05, 0.1) is 11.4 Å². The quantitative estimate of drug-likeness (QED) is 0.858. The van der Waals surface area contributed by atoms with Crippen molar-refractivity contribution in [1.82, 2.24) is 0 Å². The van der Waals surface area contributed by atoms with Crippen LogP contribution in [-0.4, -0.2) is 26.7 Å². The highest BCUT2D eigenvalue weighted by Gasteiger charge is 2.28. The summed E-state index contributed by atoms with van der Waals surface area (Å²) in [4.78, 5) is 12.3. The summed E-state index contributed by atoms with van der Waals surface area (Å²) in [6, 6.07) is 10.9. The highest BCUT2D eigenvalue weighted by Crippen LogP contribution is 2.33. The Labute approximate surface area is 154 Å². The lowest BCUT2D eigenvalue weighted by Gasteiger charge is -2.19. The zero-order valence-electron chi connectivity index (χ0n) is 15.2. The first-order valence-electron chi connectivity index (χ1n) is 8.59. The summed E-state index contributed by atoms with van der Waals surface area (Å²) < 4.78 is 25.9. The van der Waals surface area contributed by atoms with Crippen LogP contribution in [0.3, 0.4) is 0 Å². The average molecular weight is 373 g/mol. The Bertz CT molecular complexity index is 954. The molecule has 0 aliphatic carbocycles. The number of rotatable bonds is 4. The van der Waals surface area contributed by atoms with E-state index in [0.717, 1.165) is 22.4 Å². The van der Waals surface area contributed by atoms with Gasteiger partial charge in [-0.05, 0) is 62.1 Å². The molecule has 0 bridgehead atoms. The molecule has 1 aliphatic heterocycles. The molecule has 3 rings (SSSR count). The summed E-state index contributed by atoms with van der Waals surface area (Å²) in [7, 11) is -3.31. The van der Waals surface area contributed by atoms with Crippen LogP contribution >= 0.6 is 0 Å². The smallest absolute Gasteiger partial charge is 0.308 e. The average Bonchev–Trinajstić information content (AvgIpc) is 3.02. The fourth-order valence-corrected chi connectivity index (χ4v) is 4.18. The molecule has 0 unspecified atom stereocenters. The molecule has 0 radical (unpaired) electrons. The van der Waals surface area contributed by atoms with Gasteiger partial charge in [-0.2, -0.15) is 0 Å². The van der Waals surface area contributed by atoms with E-state index < -0.39 is 10.0 Å². The van der Waals surface area contributed by atoms with Crippen LogP contribution in [0.1, 0.15) is 23.6 Å². The number of aryl methyl sites for hydroxylation is 2. The topological polar surface area (TPSA) is 78.5 Å². The van der Waals surface area contributed by atoms with Gasteiger partial charge < -0.3 is 10.6 Å². The highest BCUT2D eigenvalue weighted by molar-refractivity contribution is 7.92. The third kappa shape index (κ3) is 3.67. The van der Waals surface area contributed by atoms with Gasteiger partial charge in [0.15, 0.2) is 0 Å². The van der Waals surface area contributed by atoms with E-state index >= 15 is 0 Å². The third-order valence-corrected chi connectivity index (χ3v) is 6.32. The lowest BCUT2D eigenvalue weighted by atomic mass is 10.1. The summed E-state index contributed by atoms with van der Waals surface area (Å²) in [5.41, 5.74) is 4.96. The van der Waals surface area contributed by atoms with Crippen molar-refractivity contribution in [3.8, 4) is 0 Å². The van der Waals surface area contributed by atoms with Crippen molar-refractivity contribution >= 4 is 33.1 Å². The largest absolute Gasteiger partial charge is 0.323 e. The Morgan fingerprint density at radius 1 is 1.12 bits per heavy atom. The number of hydrogen-bond donors (Lipinski definition) is 2. The van der Waals surface area contributed by atoms with E-state index in [2.05, 4.69) is 10.6 Å². The molecule has 2 N–H and O–H groups in total. The van der Waals surface area contributed by atoms with Gasteiger partial charge in [0.25, 0.3) is 0 Å². The van der Waals surface area contributed by atoms with E-state index in [1.807, 2.05) is 38.1 Å². The van der Waals surface area contributed by atoms with Gasteiger partial charge in [-0.15, -0.1) is 0 Å². The first-order valence-corrected chi connectivity index (χ1v) is 10.2. The first kappa shape index (κ1) is 18.3. The SMILES string of the molecule is CCS(=O)(=O)N1CCc2ccc(NC(=O)Nc3cc(C)ccc3C)cc21. The van der Waals surface area contributed by atoms with Gasteiger partial charge in [0.1, 0.15) is 0 Å². The standard InChI is InChI=1S/C19H23N3O3S/c1-4-26(24,25)22-10-9-15-7-8-16(12-18(15)22)20-19(23)21-17-11-13(2)5-6-14(17)3/h5-8,11-12H,4,9-10H2,1-3H3,(H2,20,21,23). The first-order chi connectivity index (χ1) is 12.3. The molecule has 0 saturated carbocycles. The van der Waals surface area contributed by atoms with Gasteiger partial charge in [-0.1, -0.05) is 18.2 Å². The molecule has 0 atom stereocenters. The van der Waals surface area contributed by atoms with Crippen molar-refractivity contribution in [3.63, 3.8) is 0 Å². The fraction of sp³-hybridized carbons (Fsp3) is 0.316. The Hall–Kier alpha value is -2.54. The second-order valence-electron chi connectivity index (χ2n) is 6.46. The highest BCUT2D eigenvalue weighted by atomic mass is 32.2. The van der Waals surface area contributed by atoms with Crippen molar-refractivity contribution in [2.24, 2.45) is 0 Å². The van der Waals surface area contributed by atoms with Crippen molar-refractivity contribution in [2.45, 2.75) is 27.2 Å². The van der Waals surface area contributed by atoms with Crippen molar-refractivity contribution in [1.29, 1.82) is 0 Å². The number of anilines is 3. The number of hydrogen-bond acceptors (Lipinski definition) is 3. The lowest BCUT2D eigenvalue weighted by Crippen LogP contribution is -2.30. The van der Waals surface area contributed by atoms with Crippen molar-refractivity contribution < 1.29 is 13.2 Å². The number of carbonyl (C=O) groups excluding carboxylic acids is 1. The molecule has 0 spiro atoms. The van der Waals surface area contributed by atoms with Crippen LogP contribution in [0.25, 0.3) is 0 Å². The normalized spacial score (nSPS) is 13.4. The minimum absolute atomic E-state index is 0.0528. The Balaban J connectivity index is 1.78. The zero-order valence-corrected chi connectivity index (χ0v) is 16.0. The number of carbonyl (C=O) groups is 1. The van der Waals surface area contributed by atoms with Crippen molar-refractivity contribution in [3.05, 3.63) is 53.1 Å². The van der Waals surface area contributed by atoms with Gasteiger partial charge in [0.2, 0.25) is 10.0 Å². The second-order valence-corrected chi connectivity index (χ2v) is 8.65. The van der Waals surface area contributed by atoms with E-state index in [1.54, 1.807) is 19.1 Å². The van der Waals surface area contributed by atoms with E-state index in [9.17, 15) is 13.2 Å². The van der Waals surface area contributed by atoms with Crippen LogP contribution < -0.4 is 14.9 Å². The van der Waals surface area contributed by atoms with Crippen LogP contribution in [-0.2, 0) is 16.4 Å². The summed E-state index contributed by atoms with van der Waals surface area (Å²) in [5, 5.41) is 5.62. The molecule has 26 heavy (non-hydrogen) atoms. The number of fused-ring (bicyclic) bond motifs is 1. The van der Waals surface area contributed by atoms with Crippen LogP contribution in [0.5, 0.6) is 0 Å². The zero-order chi connectivity index (χ0) is 18.9. The molecule has 0 aromatic heterocycles. The lowest BCUT2D eigenvalue weighted by molar-refractivity contribution is 0.262. The number of nitrogens with one attached hydrogen (secondary N) is 2.